The maximum atomic E-state index is 6.30. The largest absolute Gasteiger partial charge is 0.126 e. The Labute approximate surface area is 118 Å². The van der Waals surface area contributed by atoms with Crippen molar-refractivity contribution in [3.63, 3.8) is 0 Å². The molecule has 0 nitrogen and oxygen atoms in total. The van der Waals surface area contributed by atoms with Gasteiger partial charge in [0.2, 0.25) is 0 Å². The van der Waals surface area contributed by atoms with Gasteiger partial charge in [-0.25, -0.2) is 0 Å². The van der Waals surface area contributed by atoms with Crippen molar-refractivity contribution in [3.05, 3.63) is 35.9 Å². The van der Waals surface area contributed by atoms with Gasteiger partial charge in [0.15, 0.2) is 0 Å². The molecular weight excluding hydrogens is 240 g/mol. The quantitative estimate of drug-likeness (QED) is 0.384. The highest BCUT2D eigenvalue weighted by Crippen LogP contribution is 2.35. The Morgan fingerprint density at radius 3 is 2.17 bits per heavy atom. The molecule has 1 heteroatoms. The Morgan fingerprint density at radius 2 is 1.61 bits per heavy atom. The molecule has 0 fully saturated rings. The fourth-order valence-corrected chi connectivity index (χ4v) is 3.10. The van der Waals surface area contributed by atoms with Crippen LogP contribution in [0.5, 0.6) is 0 Å². The van der Waals surface area contributed by atoms with Crippen molar-refractivity contribution in [2.45, 2.75) is 64.2 Å². The Bertz CT molecular complexity index is 301. The minimum absolute atomic E-state index is 0.190. The summed E-state index contributed by atoms with van der Waals surface area (Å²) in [5.74, 6) is 0.737. The first-order valence-corrected chi connectivity index (χ1v) is 7.94. The second-order valence-corrected chi connectivity index (χ2v) is 5.57. The molecule has 0 N–H and O–H groups in total. The van der Waals surface area contributed by atoms with Crippen LogP contribution in [-0.2, 0) is 5.41 Å². The average molecular weight is 267 g/mol. The van der Waals surface area contributed by atoms with Crippen LogP contribution in [0.2, 0.25) is 0 Å². The van der Waals surface area contributed by atoms with E-state index in [1.807, 2.05) is 0 Å². The van der Waals surface area contributed by atoms with E-state index in [1.54, 1.807) is 0 Å². The molecule has 0 saturated carbocycles. The molecule has 0 amide bonds. The molecule has 0 saturated heterocycles. The molecule has 0 aliphatic carbocycles. The third kappa shape index (κ3) is 4.31. The smallest absolute Gasteiger partial charge is 0.0320 e. The van der Waals surface area contributed by atoms with Crippen LogP contribution < -0.4 is 0 Å². The molecule has 1 unspecified atom stereocenters. The normalized spacial score (nSPS) is 14.4. The topological polar surface area (TPSA) is 0 Å². The van der Waals surface area contributed by atoms with E-state index in [4.69, 9.17) is 11.6 Å². The first-order chi connectivity index (χ1) is 8.79. The van der Waals surface area contributed by atoms with Crippen LogP contribution in [0.1, 0.15) is 64.4 Å². The molecule has 18 heavy (non-hydrogen) atoms. The number of hydrogen-bond donors (Lipinski definition) is 0. The fourth-order valence-electron chi connectivity index (χ4n) is 2.62. The zero-order chi connectivity index (χ0) is 13.3. The Balaban J connectivity index is 2.58. The first-order valence-electron chi connectivity index (χ1n) is 7.40. The number of hydrogen-bond acceptors (Lipinski definition) is 0. The number of alkyl halides is 1. The molecule has 0 radical (unpaired) electrons. The zero-order valence-electron chi connectivity index (χ0n) is 11.9. The molecule has 102 valence electrons. The van der Waals surface area contributed by atoms with E-state index in [2.05, 4.69) is 44.2 Å². The van der Waals surface area contributed by atoms with Gasteiger partial charge in [0.25, 0.3) is 0 Å². The van der Waals surface area contributed by atoms with Crippen molar-refractivity contribution < 1.29 is 0 Å². The summed E-state index contributed by atoms with van der Waals surface area (Å²) in [7, 11) is 0. The summed E-state index contributed by atoms with van der Waals surface area (Å²) in [4.78, 5) is 0. The van der Waals surface area contributed by atoms with Crippen LogP contribution in [0.3, 0.4) is 0 Å². The Kier molecular flexibility index (Phi) is 7.42. The van der Waals surface area contributed by atoms with Gasteiger partial charge in [-0.1, -0.05) is 76.3 Å². The highest BCUT2D eigenvalue weighted by Gasteiger charge is 2.28. The lowest BCUT2D eigenvalue weighted by molar-refractivity contribution is 0.400. The van der Waals surface area contributed by atoms with Crippen molar-refractivity contribution in [1.82, 2.24) is 0 Å². The van der Waals surface area contributed by atoms with Crippen LogP contribution in [0.25, 0.3) is 0 Å². The predicted molar refractivity (Wildman–Crippen MR) is 82.5 cm³/mol. The van der Waals surface area contributed by atoms with Crippen molar-refractivity contribution in [2.75, 3.05) is 5.88 Å². The molecule has 1 aromatic rings. The average Bonchev–Trinajstić information content (AvgIpc) is 2.44. The molecule has 1 rings (SSSR count). The molecule has 0 heterocycles. The number of rotatable bonds is 9. The minimum Gasteiger partial charge on any atom is -0.126 e. The molecule has 0 spiro atoms. The van der Waals surface area contributed by atoms with Crippen molar-refractivity contribution >= 4 is 11.6 Å². The lowest BCUT2D eigenvalue weighted by atomic mass is 9.76. The Morgan fingerprint density at radius 1 is 0.944 bits per heavy atom. The fraction of sp³-hybridized carbons (Fsp3) is 0.647. The van der Waals surface area contributed by atoms with Gasteiger partial charge >= 0.3 is 0 Å². The van der Waals surface area contributed by atoms with Crippen LogP contribution >= 0.6 is 11.6 Å². The zero-order valence-corrected chi connectivity index (χ0v) is 12.7. The number of halogens is 1. The molecular formula is C17H27Cl. The molecule has 0 aromatic heterocycles. The first kappa shape index (κ1) is 15.6. The molecule has 1 atom stereocenters. The maximum absolute atomic E-state index is 6.30. The van der Waals surface area contributed by atoms with Gasteiger partial charge in [0.1, 0.15) is 0 Å². The van der Waals surface area contributed by atoms with Crippen LogP contribution in [-0.4, -0.2) is 5.88 Å². The number of unbranched alkanes of at least 4 members (excludes halogenated alkanes) is 4. The van der Waals surface area contributed by atoms with Gasteiger partial charge in [-0.05, 0) is 18.4 Å². The number of benzene rings is 1. The van der Waals surface area contributed by atoms with Gasteiger partial charge in [0.05, 0.1) is 0 Å². The monoisotopic (exact) mass is 266 g/mol. The van der Waals surface area contributed by atoms with E-state index in [-0.39, 0.29) is 5.41 Å². The van der Waals surface area contributed by atoms with E-state index >= 15 is 0 Å². The van der Waals surface area contributed by atoms with E-state index in [0.717, 1.165) is 12.3 Å². The van der Waals surface area contributed by atoms with E-state index in [9.17, 15) is 0 Å². The summed E-state index contributed by atoms with van der Waals surface area (Å²) in [5.41, 5.74) is 1.60. The van der Waals surface area contributed by atoms with E-state index in [0.29, 0.717) is 0 Å². The van der Waals surface area contributed by atoms with Gasteiger partial charge in [-0.2, -0.15) is 0 Å². The summed E-state index contributed by atoms with van der Waals surface area (Å²) in [6, 6.07) is 10.8. The predicted octanol–water partition coefficient (Wildman–Crippen LogP) is 5.93. The highest BCUT2D eigenvalue weighted by molar-refractivity contribution is 6.18. The Hall–Kier alpha value is -0.490. The van der Waals surface area contributed by atoms with Crippen LogP contribution in [0, 0.1) is 0 Å². The van der Waals surface area contributed by atoms with E-state index in [1.165, 1.54) is 44.1 Å². The third-order valence-electron chi connectivity index (χ3n) is 4.08. The molecule has 0 bridgehead atoms. The summed E-state index contributed by atoms with van der Waals surface area (Å²) in [5, 5.41) is 0. The van der Waals surface area contributed by atoms with Crippen LogP contribution in [0.4, 0.5) is 0 Å². The van der Waals surface area contributed by atoms with Crippen molar-refractivity contribution in [2.24, 2.45) is 0 Å². The van der Waals surface area contributed by atoms with Crippen molar-refractivity contribution in [3.8, 4) is 0 Å². The SMILES string of the molecule is CCCCCCCC(CC)(CCl)c1ccccc1. The standard InChI is InChI=1S/C17H27Cl/c1-3-5-6-7-11-14-17(4-2,15-18)16-12-9-8-10-13-16/h8-10,12-13H,3-7,11,14-15H2,1-2H3. The molecule has 0 aliphatic rings. The van der Waals surface area contributed by atoms with Crippen molar-refractivity contribution in [1.29, 1.82) is 0 Å². The third-order valence-corrected chi connectivity index (χ3v) is 4.59. The second-order valence-electron chi connectivity index (χ2n) is 5.30. The summed E-state index contributed by atoms with van der Waals surface area (Å²) < 4.78 is 0. The minimum atomic E-state index is 0.190. The van der Waals surface area contributed by atoms with E-state index < -0.39 is 0 Å². The lowest BCUT2D eigenvalue weighted by Gasteiger charge is -2.31. The second kappa shape index (κ2) is 8.58. The van der Waals surface area contributed by atoms with Gasteiger partial charge in [0, 0.05) is 11.3 Å². The highest BCUT2D eigenvalue weighted by atomic mass is 35.5. The molecule has 1 aromatic carbocycles. The van der Waals surface area contributed by atoms with Gasteiger partial charge in [-0.15, -0.1) is 11.6 Å². The van der Waals surface area contributed by atoms with Gasteiger partial charge < -0.3 is 0 Å². The molecule has 0 aliphatic heterocycles. The summed E-state index contributed by atoms with van der Waals surface area (Å²) in [6.45, 7) is 4.53. The summed E-state index contributed by atoms with van der Waals surface area (Å²) in [6.07, 6.45) is 9.05. The summed E-state index contributed by atoms with van der Waals surface area (Å²) >= 11 is 6.30. The van der Waals surface area contributed by atoms with Gasteiger partial charge in [-0.3, -0.25) is 0 Å². The lowest BCUT2D eigenvalue weighted by Crippen LogP contribution is -2.27. The van der Waals surface area contributed by atoms with Crippen LogP contribution in [0.15, 0.2) is 30.3 Å². The maximum Gasteiger partial charge on any atom is 0.0320 e.